The van der Waals surface area contributed by atoms with E-state index in [1.165, 1.54) is 11.8 Å². The molecule has 0 bridgehead atoms. The molecule has 138 valence electrons. The number of benzene rings is 1. The minimum atomic E-state index is -0.261. The highest BCUT2D eigenvalue weighted by atomic mass is 32.2. The van der Waals surface area contributed by atoms with E-state index in [0.29, 0.717) is 19.0 Å². The highest BCUT2D eigenvalue weighted by Crippen LogP contribution is 2.10. The summed E-state index contributed by atoms with van der Waals surface area (Å²) in [4.78, 5) is 27.6. The van der Waals surface area contributed by atoms with Gasteiger partial charge in [0.15, 0.2) is 0 Å². The molecule has 0 aliphatic carbocycles. The Bertz CT molecular complexity index is 533. The van der Waals surface area contributed by atoms with Gasteiger partial charge in [0.2, 0.25) is 5.91 Å². The Morgan fingerprint density at radius 2 is 1.80 bits per heavy atom. The molecule has 7 heteroatoms. The van der Waals surface area contributed by atoms with Gasteiger partial charge in [0.1, 0.15) is 12.4 Å². The number of hydrogen-bond donors (Lipinski definition) is 0. The van der Waals surface area contributed by atoms with Crippen LogP contribution < -0.4 is 4.74 Å². The van der Waals surface area contributed by atoms with Crippen molar-refractivity contribution in [1.29, 1.82) is 0 Å². The van der Waals surface area contributed by atoms with Crippen LogP contribution in [0.25, 0.3) is 0 Å². The molecule has 1 amide bonds. The smallest absolute Gasteiger partial charge is 0.315 e. The van der Waals surface area contributed by atoms with Gasteiger partial charge in [0, 0.05) is 32.7 Å². The number of carbonyl (C=O) groups is 2. The highest BCUT2D eigenvalue weighted by Gasteiger charge is 2.21. The Hall–Kier alpha value is -1.73. The zero-order valence-corrected chi connectivity index (χ0v) is 15.5. The molecular formula is C18H26N2O4S. The van der Waals surface area contributed by atoms with Crippen LogP contribution in [-0.2, 0) is 14.3 Å². The van der Waals surface area contributed by atoms with Gasteiger partial charge in [-0.05, 0) is 19.1 Å². The predicted molar refractivity (Wildman–Crippen MR) is 98.9 cm³/mol. The Kier molecular flexibility index (Phi) is 8.62. The van der Waals surface area contributed by atoms with E-state index in [9.17, 15) is 9.59 Å². The summed E-state index contributed by atoms with van der Waals surface area (Å²) in [6.45, 7) is 6.82. The molecule has 25 heavy (non-hydrogen) atoms. The van der Waals surface area contributed by atoms with Crippen LogP contribution in [0, 0.1) is 0 Å². The summed E-state index contributed by atoms with van der Waals surface area (Å²) in [6.07, 6.45) is 0. The van der Waals surface area contributed by atoms with Crippen LogP contribution in [0.2, 0.25) is 0 Å². The quantitative estimate of drug-likeness (QED) is 0.618. The van der Waals surface area contributed by atoms with Crippen molar-refractivity contribution in [1.82, 2.24) is 9.80 Å². The predicted octanol–water partition coefficient (Wildman–Crippen LogP) is 1.51. The van der Waals surface area contributed by atoms with E-state index in [1.807, 2.05) is 35.2 Å². The summed E-state index contributed by atoms with van der Waals surface area (Å²) in [6, 6.07) is 9.78. The van der Waals surface area contributed by atoms with Crippen molar-refractivity contribution in [3.8, 4) is 5.75 Å². The van der Waals surface area contributed by atoms with Crippen LogP contribution >= 0.6 is 11.8 Å². The number of piperazine rings is 1. The van der Waals surface area contributed by atoms with E-state index in [4.69, 9.17) is 9.47 Å². The number of rotatable bonds is 9. The summed E-state index contributed by atoms with van der Waals surface area (Å²) < 4.78 is 10.6. The van der Waals surface area contributed by atoms with E-state index in [-0.39, 0.29) is 17.6 Å². The lowest BCUT2D eigenvalue weighted by molar-refractivity contribution is -0.139. The molecular weight excluding hydrogens is 340 g/mol. The molecule has 0 unspecified atom stereocenters. The van der Waals surface area contributed by atoms with Gasteiger partial charge in [-0.3, -0.25) is 14.5 Å². The molecule has 1 saturated heterocycles. The molecule has 0 aromatic heterocycles. The van der Waals surface area contributed by atoms with E-state index >= 15 is 0 Å². The van der Waals surface area contributed by atoms with Crippen molar-refractivity contribution in [2.24, 2.45) is 0 Å². The fourth-order valence-corrected chi connectivity index (χ4v) is 3.26. The number of thioether (sulfide) groups is 1. The van der Waals surface area contributed by atoms with Crippen molar-refractivity contribution < 1.29 is 19.1 Å². The zero-order valence-electron chi connectivity index (χ0n) is 14.7. The molecule has 0 saturated carbocycles. The number of ether oxygens (including phenoxy) is 2. The van der Waals surface area contributed by atoms with Crippen LogP contribution in [0.5, 0.6) is 5.75 Å². The molecule has 1 heterocycles. The maximum Gasteiger partial charge on any atom is 0.315 e. The SMILES string of the molecule is CCOC(=O)CSCC(=O)N1CCN(CCOc2ccccc2)CC1. The van der Waals surface area contributed by atoms with Gasteiger partial charge in [-0.2, -0.15) is 0 Å². The second kappa shape index (κ2) is 11.0. The molecule has 1 aromatic rings. The van der Waals surface area contributed by atoms with Crippen LogP contribution in [0.1, 0.15) is 6.92 Å². The summed E-state index contributed by atoms with van der Waals surface area (Å²) in [7, 11) is 0. The Morgan fingerprint density at radius 1 is 1.08 bits per heavy atom. The molecule has 0 N–H and O–H groups in total. The first-order valence-corrected chi connectivity index (χ1v) is 9.76. The first-order chi connectivity index (χ1) is 12.2. The Morgan fingerprint density at radius 3 is 2.48 bits per heavy atom. The maximum atomic E-state index is 12.2. The van der Waals surface area contributed by atoms with Gasteiger partial charge in [-0.1, -0.05) is 18.2 Å². The molecule has 1 aliphatic rings. The summed E-state index contributed by atoms with van der Waals surface area (Å²) in [5, 5.41) is 0. The molecule has 0 radical (unpaired) electrons. The maximum absolute atomic E-state index is 12.2. The van der Waals surface area contributed by atoms with E-state index in [1.54, 1.807) is 6.92 Å². The van der Waals surface area contributed by atoms with Crippen molar-refractivity contribution in [3.05, 3.63) is 30.3 Å². The van der Waals surface area contributed by atoms with Crippen molar-refractivity contribution >= 4 is 23.6 Å². The third-order valence-corrected chi connectivity index (χ3v) is 4.79. The standard InChI is InChI=1S/C18H26N2O4S/c1-2-23-18(22)15-25-14-17(21)20-10-8-19(9-11-20)12-13-24-16-6-4-3-5-7-16/h3-7H,2,8-15H2,1H3. The molecule has 1 aromatic carbocycles. The lowest BCUT2D eigenvalue weighted by Gasteiger charge is -2.34. The van der Waals surface area contributed by atoms with Gasteiger partial charge in [0.05, 0.1) is 18.1 Å². The summed E-state index contributed by atoms with van der Waals surface area (Å²) in [5.74, 6) is 1.28. The van der Waals surface area contributed by atoms with Crippen molar-refractivity contribution in [3.63, 3.8) is 0 Å². The van der Waals surface area contributed by atoms with E-state index in [2.05, 4.69) is 4.90 Å². The summed E-state index contributed by atoms with van der Waals surface area (Å²) in [5.41, 5.74) is 0. The molecule has 0 spiro atoms. The number of nitrogens with zero attached hydrogens (tertiary/aromatic N) is 2. The minimum absolute atomic E-state index is 0.0921. The number of amides is 1. The van der Waals surface area contributed by atoms with Gasteiger partial charge in [0.25, 0.3) is 0 Å². The second-order valence-electron chi connectivity index (χ2n) is 5.68. The summed E-state index contributed by atoms with van der Waals surface area (Å²) >= 11 is 1.32. The lowest BCUT2D eigenvalue weighted by atomic mass is 10.3. The first kappa shape index (κ1) is 19.6. The van der Waals surface area contributed by atoms with Crippen molar-refractivity contribution in [2.45, 2.75) is 6.92 Å². The van der Waals surface area contributed by atoms with Gasteiger partial charge < -0.3 is 14.4 Å². The molecule has 0 atom stereocenters. The lowest BCUT2D eigenvalue weighted by Crippen LogP contribution is -2.50. The number of esters is 1. The third kappa shape index (κ3) is 7.36. The van der Waals surface area contributed by atoms with Gasteiger partial charge in [-0.25, -0.2) is 0 Å². The zero-order chi connectivity index (χ0) is 17.9. The largest absolute Gasteiger partial charge is 0.492 e. The van der Waals surface area contributed by atoms with Crippen LogP contribution in [-0.4, -0.2) is 79.1 Å². The van der Waals surface area contributed by atoms with E-state index < -0.39 is 0 Å². The van der Waals surface area contributed by atoms with Crippen molar-refractivity contribution in [2.75, 3.05) is 57.4 Å². The molecule has 1 fully saturated rings. The Balaban J connectivity index is 1.57. The first-order valence-electron chi connectivity index (χ1n) is 8.60. The average Bonchev–Trinajstić information content (AvgIpc) is 2.63. The monoisotopic (exact) mass is 366 g/mol. The fourth-order valence-electron chi connectivity index (χ4n) is 2.55. The van der Waals surface area contributed by atoms with Crippen LogP contribution in [0.3, 0.4) is 0 Å². The normalized spacial score (nSPS) is 15.0. The van der Waals surface area contributed by atoms with Gasteiger partial charge >= 0.3 is 5.97 Å². The number of hydrogen-bond acceptors (Lipinski definition) is 6. The Labute approximate surface area is 153 Å². The second-order valence-corrected chi connectivity index (χ2v) is 6.67. The minimum Gasteiger partial charge on any atom is -0.492 e. The molecule has 2 rings (SSSR count). The molecule has 6 nitrogen and oxygen atoms in total. The third-order valence-electron chi connectivity index (χ3n) is 3.90. The molecule has 1 aliphatic heterocycles. The average molecular weight is 366 g/mol. The van der Waals surface area contributed by atoms with Crippen LogP contribution in [0.15, 0.2) is 30.3 Å². The fraction of sp³-hybridized carbons (Fsp3) is 0.556. The number of para-hydroxylation sites is 1. The van der Waals surface area contributed by atoms with Crippen LogP contribution in [0.4, 0.5) is 0 Å². The number of carbonyl (C=O) groups excluding carboxylic acids is 2. The van der Waals surface area contributed by atoms with E-state index in [0.717, 1.165) is 38.5 Å². The highest BCUT2D eigenvalue weighted by molar-refractivity contribution is 8.00. The topological polar surface area (TPSA) is 59.1 Å². The van der Waals surface area contributed by atoms with Gasteiger partial charge in [-0.15, -0.1) is 11.8 Å².